The fourth-order valence-electron chi connectivity index (χ4n) is 4.23. The summed E-state index contributed by atoms with van der Waals surface area (Å²) in [4.78, 5) is 48.1. The lowest BCUT2D eigenvalue weighted by Crippen LogP contribution is -2.25. The molecule has 0 aliphatic heterocycles. The molecular weight excluding hydrogens is 517 g/mol. The van der Waals surface area contributed by atoms with Crippen LogP contribution >= 0.6 is 0 Å². The molecule has 40 heavy (non-hydrogen) atoms. The smallest absolute Gasteiger partial charge is 0.274 e. The minimum absolute atomic E-state index is 0.0758. The topological polar surface area (TPSA) is 153 Å². The van der Waals surface area contributed by atoms with E-state index in [1.54, 1.807) is 36.4 Å². The third kappa shape index (κ3) is 7.14. The van der Waals surface area contributed by atoms with E-state index in [0.29, 0.717) is 59.9 Å². The monoisotopic (exact) mass is 545 g/mol. The number of rotatable bonds is 11. The van der Waals surface area contributed by atoms with Crippen LogP contribution in [0.1, 0.15) is 57.7 Å². The zero-order valence-electron chi connectivity index (χ0n) is 21.5. The standard InChI is InChI=1S/C29H28FN5O5/c30-24-14-9-18(17-25-21-6-3-4-7-22(21)29(39)34-33-25)16-23(24)28(38)31-15-5-1-2-8-26(36)32-20-12-10-19(11-13-20)27(37)35-40/h3-4,6-7,9-14,16,40H,1-2,5,8,15,17H2,(H,31,38)(H,32,36)(H,34,39)(H,35,37). The molecule has 0 fully saturated rings. The van der Waals surface area contributed by atoms with Crippen molar-refractivity contribution in [3.05, 3.63) is 105 Å². The molecule has 0 aliphatic rings. The minimum Gasteiger partial charge on any atom is -0.352 e. The van der Waals surface area contributed by atoms with Crippen molar-refractivity contribution >= 4 is 34.2 Å². The lowest BCUT2D eigenvalue weighted by molar-refractivity contribution is -0.116. The van der Waals surface area contributed by atoms with Crippen molar-refractivity contribution in [3.63, 3.8) is 0 Å². The van der Waals surface area contributed by atoms with Gasteiger partial charge in [-0.15, -0.1) is 0 Å². The number of carbonyl (C=O) groups is 3. The highest BCUT2D eigenvalue weighted by Crippen LogP contribution is 2.19. The van der Waals surface area contributed by atoms with Crippen molar-refractivity contribution < 1.29 is 24.0 Å². The molecule has 11 heteroatoms. The predicted molar refractivity (Wildman–Crippen MR) is 147 cm³/mol. The lowest BCUT2D eigenvalue weighted by Gasteiger charge is -2.09. The molecule has 3 aromatic carbocycles. The summed E-state index contributed by atoms with van der Waals surface area (Å²) in [6.07, 6.45) is 2.46. The Kier molecular flexibility index (Phi) is 9.31. The molecule has 3 amide bonds. The van der Waals surface area contributed by atoms with E-state index in [1.165, 1.54) is 29.7 Å². The number of anilines is 1. The quantitative estimate of drug-likeness (QED) is 0.110. The van der Waals surface area contributed by atoms with Gasteiger partial charge in [0.15, 0.2) is 0 Å². The summed E-state index contributed by atoms with van der Waals surface area (Å²) in [6.45, 7) is 0.324. The Morgan fingerprint density at radius 2 is 1.65 bits per heavy atom. The highest BCUT2D eigenvalue weighted by atomic mass is 19.1. The van der Waals surface area contributed by atoms with Crippen molar-refractivity contribution in [3.8, 4) is 0 Å². The largest absolute Gasteiger partial charge is 0.352 e. The average molecular weight is 546 g/mol. The molecule has 10 nitrogen and oxygen atoms in total. The van der Waals surface area contributed by atoms with Gasteiger partial charge in [0.05, 0.1) is 16.6 Å². The maximum absolute atomic E-state index is 14.4. The van der Waals surface area contributed by atoms with Gasteiger partial charge in [-0.05, 0) is 60.9 Å². The number of hydrogen-bond acceptors (Lipinski definition) is 6. The number of fused-ring (bicyclic) bond motifs is 1. The Labute approximate surface area is 228 Å². The van der Waals surface area contributed by atoms with Gasteiger partial charge < -0.3 is 10.6 Å². The molecule has 0 aliphatic carbocycles. The summed E-state index contributed by atoms with van der Waals surface area (Å²) in [5, 5.41) is 21.9. The Bertz CT molecular complexity index is 1590. The van der Waals surface area contributed by atoms with Gasteiger partial charge in [-0.2, -0.15) is 5.10 Å². The molecule has 5 N–H and O–H groups in total. The number of hydroxylamine groups is 1. The van der Waals surface area contributed by atoms with Crippen LogP contribution in [-0.4, -0.2) is 39.7 Å². The van der Waals surface area contributed by atoms with E-state index in [9.17, 15) is 23.6 Å². The normalized spacial score (nSPS) is 10.8. The highest BCUT2D eigenvalue weighted by Gasteiger charge is 2.14. The van der Waals surface area contributed by atoms with Gasteiger partial charge in [0.2, 0.25) is 5.91 Å². The van der Waals surface area contributed by atoms with Gasteiger partial charge in [-0.3, -0.25) is 24.4 Å². The van der Waals surface area contributed by atoms with Crippen LogP contribution in [0.3, 0.4) is 0 Å². The van der Waals surface area contributed by atoms with E-state index >= 15 is 0 Å². The summed E-state index contributed by atoms with van der Waals surface area (Å²) in [7, 11) is 0. The van der Waals surface area contributed by atoms with Crippen molar-refractivity contribution in [1.82, 2.24) is 21.0 Å². The first-order valence-electron chi connectivity index (χ1n) is 12.7. The number of aromatic nitrogens is 2. The molecule has 4 aromatic rings. The number of carbonyl (C=O) groups excluding carboxylic acids is 3. The molecule has 0 atom stereocenters. The van der Waals surface area contributed by atoms with E-state index in [1.807, 2.05) is 6.07 Å². The molecule has 206 valence electrons. The number of H-pyrrole nitrogens is 1. The molecule has 0 spiro atoms. The summed E-state index contributed by atoms with van der Waals surface area (Å²) in [6, 6.07) is 17.5. The van der Waals surface area contributed by atoms with Gasteiger partial charge in [-0.25, -0.2) is 15.0 Å². The maximum atomic E-state index is 14.4. The zero-order valence-corrected chi connectivity index (χ0v) is 21.5. The van der Waals surface area contributed by atoms with Gasteiger partial charge in [0.25, 0.3) is 17.4 Å². The lowest BCUT2D eigenvalue weighted by atomic mass is 10.0. The number of unbranched alkanes of at least 4 members (excludes halogenated alkanes) is 2. The Morgan fingerprint density at radius 3 is 2.40 bits per heavy atom. The molecule has 4 rings (SSSR count). The zero-order chi connectivity index (χ0) is 28.5. The van der Waals surface area contributed by atoms with E-state index in [4.69, 9.17) is 5.21 Å². The fourth-order valence-corrected chi connectivity index (χ4v) is 4.23. The van der Waals surface area contributed by atoms with Crippen LogP contribution in [0.15, 0.2) is 71.5 Å². The Balaban J connectivity index is 1.22. The number of amides is 3. The third-order valence-electron chi connectivity index (χ3n) is 6.32. The average Bonchev–Trinajstić information content (AvgIpc) is 2.97. The van der Waals surface area contributed by atoms with Crippen molar-refractivity contribution in [1.29, 1.82) is 0 Å². The third-order valence-corrected chi connectivity index (χ3v) is 6.32. The Hall–Kier alpha value is -4.90. The molecule has 1 heterocycles. The highest BCUT2D eigenvalue weighted by molar-refractivity contribution is 5.95. The number of nitrogens with zero attached hydrogens (tertiary/aromatic N) is 1. The molecule has 0 saturated carbocycles. The first-order chi connectivity index (χ1) is 19.4. The molecule has 0 saturated heterocycles. The molecule has 1 aromatic heterocycles. The maximum Gasteiger partial charge on any atom is 0.274 e. The van der Waals surface area contributed by atoms with Crippen LogP contribution in [0.2, 0.25) is 0 Å². The van der Waals surface area contributed by atoms with Gasteiger partial charge >= 0.3 is 0 Å². The van der Waals surface area contributed by atoms with E-state index in [-0.39, 0.29) is 29.0 Å². The fraction of sp³-hybridized carbons (Fsp3) is 0.207. The molecule has 0 unspecified atom stereocenters. The van der Waals surface area contributed by atoms with Crippen molar-refractivity contribution in [2.75, 3.05) is 11.9 Å². The number of hydrogen-bond donors (Lipinski definition) is 5. The van der Waals surface area contributed by atoms with Crippen LogP contribution < -0.4 is 21.7 Å². The first kappa shape index (κ1) is 28.1. The number of nitrogens with one attached hydrogen (secondary N) is 4. The van der Waals surface area contributed by atoms with Crippen LogP contribution in [0.25, 0.3) is 10.8 Å². The number of aromatic amines is 1. The molecule has 0 radical (unpaired) electrons. The second kappa shape index (κ2) is 13.3. The van der Waals surface area contributed by atoms with E-state index in [2.05, 4.69) is 20.8 Å². The second-order valence-corrected chi connectivity index (χ2v) is 9.17. The summed E-state index contributed by atoms with van der Waals surface area (Å²) in [5.41, 5.74) is 3.25. The minimum atomic E-state index is -0.641. The first-order valence-corrected chi connectivity index (χ1v) is 12.7. The van der Waals surface area contributed by atoms with Crippen LogP contribution in [-0.2, 0) is 11.2 Å². The van der Waals surface area contributed by atoms with Gasteiger partial charge in [-0.1, -0.05) is 30.7 Å². The number of halogens is 1. The number of benzene rings is 3. The molecule has 0 bridgehead atoms. The SMILES string of the molecule is O=C(CCCCCNC(=O)c1cc(Cc2n[nH]c(=O)c3ccccc23)ccc1F)Nc1ccc(C(=O)NO)cc1. The summed E-state index contributed by atoms with van der Waals surface area (Å²) in [5.74, 6) is -2.00. The van der Waals surface area contributed by atoms with E-state index in [0.717, 1.165) is 0 Å². The summed E-state index contributed by atoms with van der Waals surface area (Å²) < 4.78 is 14.4. The van der Waals surface area contributed by atoms with Gasteiger partial charge in [0, 0.05) is 36.0 Å². The Morgan fingerprint density at radius 1 is 0.900 bits per heavy atom. The second-order valence-electron chi connectivity index (χ2n) is 9.17. The predicted octanol–water partition coefficient (Wildman–Crippen LogP) is 3.70. The summed E-state index contributed by atoms with van der Waals surface area (Å²) >= 11 is 0. The van der Waals surface area contributed by atoms with Crippen LogP contribution in [0.4, 0.5) is 10.1 Å². The van der Waals surface area contributed by atoms with Crippen molar-refractivity contribution in [2.24, 2.45) is 0 Å². The van der Waals surface area contributed by atoms with Crippen LogP contribution in [0.5, 0.6) is 0 Å². The van der Waals surface area contributed by atoms with Crippen molar-refractivity contribution in [2.45, 2.75) is 32.1 Å². The molecular formula is C29H28FN5O5. The van der Waals surface area contributed by atoms with E-state index < -0.39 is 17.6 Å². The van der Waals surface area contributed by atoms with Crippen LogP contribution in [0, 0.1) is 5.82 Å². The van der Waals surface area contributed by atoms with Gasteiger partial charge in [0.1, 0.15) is 5.82 Å².